The van der Waals surface area contributed by atoms with E-state index in [0.717, 1.165) is 16.7 Å². The third-order valence-corrected chi connectivity index (χ3v) is 8.92. The first-order chi connectivity index (χ1) is 16.4. The number of nitrogens with zero attached hydrogens (tertiary/aromatic N) is 2. The van der Waals surface area contributed by atoms with Gasteiger partial charge in [0.1, 0.15) is 5.37 Å². The van der Waals surface area contributed by atoms with Crippen molar-refractivity contribution in [2.45, 2.75) is 16.3 Å². The lowest BCUT2D eigenvalue weighted by Gasteiger charge is -2.27. The molecule has 34 heavy (non-hydrogen) atoms. The van der Waals surface area contributed by atoms with Gasteiger partial charge in [-0.3, -0.25) is 4.79 Å². The first kappa shape index (κ1) is 24.5. The monoisotopic (exact) mass is 495 g/mol. The fraction of sp³-hybridized carbons (Fsp3) is 0.269. The number of amides is 1. The molecular formula is C26H29N3O3S2. The molecule has 2 unspecified atom stereocenters. The van der Waals surface area contributed by atoms with Crippen molar-refractivity contribution in [3.63, 3.8) is 0 Å². The molecule has 0 spiro atoms. The summed E-state index contributed by atoms with van der Waals surface area (Å²) in [4.78, 5) is 15.5. The minimum Gasteiger partial charge on any atom is -0.346 e. The lowest BCUT2D eigenvalue weighted by atomic mass is 10.1. The van der Waals surface area contributed by atoms with Crippen molar-refractivity contribution < 1.29 is 13.2 Å². The quantitative estimate of drug-likeness (QED) is 0.514. The second kappa shape index (κ2) is 10.7. The molecule has 1 saturated heterocycles. The van der Waals surface area contributed by atoms with Crippen molar-refractivity contribution in [1.82, 2.24) is 14.5 Å². The van der Waals surface area contributed by atoms with Gasteiger partial charge in [0.05, 0.1) is 10.9 Å². The second-order valence-electron chi connectivity index (χ2n) is 8.46. The van der Waals surface area contributed by atoms with E-state index >= 15 is 0 Å². The van der Waals surface area contributed by atoms with Crippen LogP contribution >= 0.6 is 11.8 Å². The number of hydrogen-bond donors (Lipinski definition) is 1. The molecule has 0 radical (unpaired) electrons. The average molecular weight is 496 g/mol. The van der Waals surface area contributed by atoms with E-state index < -0.39 is 15.4 Å². The fourth-order valence-corrected chi connectivity index (χ4v) is 7.11. The van der Waals surface area contributed by atoms with Gasteiger partial charge >= 0.3 is 0 Å². The van der Waals surface area contributed by atoms with Crippen LogP contribution in [-0.4, -0.2) is 61.8 Å². The van der Waals surface area contributed by atoms with Crippen molar-refractivity contribution >= 4 is 27.7 Å². The predicted octanol–water partition coefficient (Wildman–Crippen LogP) is 3.84. The lowest BCUT2D eigenvalue weighted by Crippen LogP contribution is -2.47. The first-order valence-electron chi connectivity index (χ1n) is 11.2. The maximum Gasteiger partial charge on any atom is 0.249 e. The Labute approximate surface area is 206 Å². The highest BCUT2D eigenvalue weighted by Gasteiger charge is 2.40. The molecule has 1 amide bonds. The van der Waals surface area contributed by atoms with Crippen LogP contribution in [0.2, 0.25) is 0 Å². The molecule has 4 rings (SSSR count). The molecule has 0 aromatic heterocycles. The summed E-state index contributed by atoms with van der Waals surface area (Å²) >= 11 is 1.36. The SMILES string of the molecule is CN(C)CC(NC(=O)C1SCCN1S(=O)(=O)c1ccc(-c2ccccc2)cc1)c1ccccc1. The van der Waals surface area contributed by atoms with E-state index in [1.54, 1.807) is 12.1 Å². The molecule has 0 bridgehead atoms. The molecule has 3 aromatic carbocycles. The molecule has 178 valence electrons. The number of likely N-dealkylation sites (N-methyl/N-ethyl adjacent to an activating group) is 1. The number of carbonyl (C=O) groups excluding carboxylic acids is 1. The minimum atomic E-state index is -3.81. The number of hydrogen-bond acceptors (Lipinski definition) is 5. The van der Waals surface area contributed by atoms with Gasteiger partial charge in [-0.25, -0.2) is 8.42 Å². The van der Waals surface area contributed by atoms with Gasteiger partial charge in [0, 0.05) is 18.8 Å². The van der Waals surface area contributed by atoms with E-state index in [2.05, 4.69) is 5.32 Å². The smallest absolute Gasteiger partial charge is 0.249 e. The molecule has 1 aliphatic heterocycles. The van der Waals surface area contributed by atoms with Crippen LogP contribution in [0.25, 0.3) is 11.1 Å². The molecular weight excluding hydrogens is 466 g/mol. The normalized spacial score (nSPS) is 17.6. The average Bonchev–Trinajstić information content (AvgIpc) is 3.36. The Kier molecular flexibility index (Phi) is 7.73. The largest absolute Gasteiger partial charge is 0.346 e. The highest BCUT2D eigenvalue weighted by Crippen LogP contribution is 2.32. The standard InChI is InChI=1S/C26H29N3O3S2/c1-28(2)19-24(22-11-7-4-8-12-22)27-25(30)26-29(17-18-33-26)34(31,32)23-15-13-21(14-16-23)20-9-5-3-6-10-20/h3-16,24,26H,17-19H2,1-2H3,(H,27,30). The summed E-state index contributed by atoms with van der Waals surface area (Å²) < 4.78 is 28.2. The van der Waals surface area contributed by atoms with Crippen LogP contribution in [0.1, 0.15) is 11.6 Å². The maximum absolute atomic E-state index is 13.5. The van der Waals surface area contributed by atoms with Crippen molar-refractivity contribution in [2.75, 3.05) is 32.9 Å². The summed E-state index contributed by atoms with van der Waals surface area (Å²) in [5.74, 6) is 0.283. The molecule has 1 aliphatic rings. The van der Waals surface area contributed by atoms with Crippen LogP contribution in [0.4, 0.5) is 0 Å². The van der Waals surface area contributed by atoms with Crippen molar-refractivity contribution in [3.8, 4) is 11.1 Å². The molecule has 0 saturated carbocycles. The Morgan fingerprint density at radius 1 is 0.971 bits per heavy atom. The Morgan fingerprint density at radius 3 is 2.18 bits per heavy atom. The summed E-state index contributed by atoms with van der Waals surface area (Å²) in [6, 6.07) is 26.2. The van der Waals surface area contributed by atoms with Crippen LogP contribution in [0.15, 0.2) is 89.8 Å². The second-order valence-corrected chi connectivity index (χ2v) is 11.5. The fourth-order valence-electron chi connectivity index (χ4n) is 4.02. The van der Waals surface area contributed by atoms with Gasteiger partial charge in [0.15, 0.2) is 0 Å². The molecule has 1 N–H and O–H groups in total. The number of rotatable bonds is 8. The number of benzene rings is 3. The number of nitrogens with one attached hydrogen (secondary N) is 1. The summed E-state index contributed by atoms with van der Waals surface area (Å²) in [5.41, 5.74) is 2.95. The summed E-state index contributed by atoms with van der Waals surface area (Å²) in [5, 5.41) is 2.28. The van der Waals surface area contributed by atoms with Gasteiger partial charge in [-0.2, -0.15) is 4.31 Å². The molecule has 1 fully saturated rings. The topological polar surface area (TPSA) is 69.7 Å². The number of sulfonamides is 1. The lowest BCUT2D eigenvalue weighted by molar-refractivity contribution is -0.123. The Hall–Kier alpha value is -2.65. The zero-order chi connectivity index (χ0) is 24.1. The van der Waals surface area contributed by atoms with Gasteiger partial charge in [0.2, 0.25) is 15.9 Å². The number of carbonyl (C=O) groups is 1. The summed E-state index contributed by atoms with van der Waals surface area (Å²) in [6.45, 7) is 0.913. The zero-order valence-electron chi connectivity index (χ0n) is 19.3. The van der Waals surface area contributed by atoms with Crippen molar-refractivity contribution in [3.05, 3.63) is 90.5 Å². The van der Waals surface area contributed by atoms with Gasteiger partial charge in [-0.05, 0) is 42.9 Å². The third-order valence-electron chi connectivity index (χ3n) is 5.71. The Balaban J connectivity index is 1.53. The van der Waals surface area contributed by atoms with E-state index in [-0.39, 0.29) is 16.8 Å². The Morgan fingerprint density at radius 2 is 1.56 bits per heavy atom. The highest BCUT2D eigenvalue weighted by atomic mass is 32.2. The van der Waals surface area contributed by atoms with Crippen LogP contribution in [-0.2, 0) is 14.8 Å². The van der Waals surface area contributed by atoms with Crippen molar-refractivity contribution in [1.29, 1.82) is 0 Å². The van der Waals surface area contributed by atoms with Crippen LogP contribution < -0.4 is 5.32 Å². The molecule has 8 heteroatoms. The van der Waals surface area contributed by atoms with Crippen LogP contribution in [0.5, 0.6) is 0 Å². The van der Waals surface area contributed by atoms with E-state index in [0.29, 0.717) is 18.8 Å². The minimum absolute atomic E-state index is 0.195. The summed E-state index contributed by atoms with van der Waals surface area (Å²) in [7, 11) is 0.0793. The molecule has 1 heterocycles. The maximum atomic E-state index is 13.5. The molecule has 3 aromatic rings. The van der Waals surface area contributed by atoms with Gasteiger partial charge in [0.25, 0.3) is 0 Å². The van der Waals surface area contributed by atoms with E-state index in [4.69, 9.17) is 0 Å². The van der Waals surface area contributed by atoms with E-state index in [1.165, 1.54) is 16.1 Å². The number of thioether (sulfide) groups is 1. The van der Waals surface area contributed by atoms with Gasteiger partial charge in [-0.15, -0.1) is 11.8 Å². The van der Waals surface area contributed by atoms with Crippen molar-refractivity contribution in [2.24, 2.45) is 0 Å². The third kappa shape index (κ3) is 5.52. The van der Waals surface area contributed by atoms with Crippen LogP contribution in [0.3, 0.4) is 0 Å². The zero-order valence-corrected chi connectivity index (χ0v) is 20.9. The van der Waals surface area contributed by atoms with Crippen LogP contribution in [0, 0.1) is 0 Å². The Bertz CT molecular complexity index is 1200. The summed E-state index contributed by atoms with van der Waals surface area (Å²) in [6.07, 6.45) is 0. The van der Waals surface area contributed by atoms with E-state index in [9.17, 15) is 13.2 Å². The molecule has 0 aliphatic carbocycles. The first-order valence-corrected chi connectivity index (χ1v) is 13.6. The van der Waals surface area contributed by atoms with Gasteiger partial charge in [-0.1, -0.05) is 72.8 Å². The molecule has 2 atom stereocenters. The predicted molar refractivity (Wildman–Crippen MR) is 138 cm³/mol. The van der Waals surface area contributed by atoms with E-state index in [1.807, 2.05) is 91.8 Å². The highest BCUT2D eigenvalue weighted by molar-refractivity contribution is 8.02. The molecule has 6 nitrogen and oxygen atoms in total. The van der Waals surface area contributed by atoms with Gasteiger partial charge < -0.3 is 10.2 Å².